The molecule has 2 aliphatic heterocycles. The van der Waals surface area contributed by atoms with Crippen LogP contribution in [0.3, 0.4) is 0 Å². The van der Waals surface area contributed by atoms with Crippen molar-refractivity contribution in [3.8, 4) is 0 Å². The average Bonchev–Trinajstić information content (AvgIpc) is 3.16. The van der Waals surface area contributed by atoms with Crippen molar-refractivity contribution in [1.82, 2.24) is 20.4 Å². The van der Waals surface area contributed by atoms with Crippen LogP contribution in [-0.2, 0) is 4.79 Å². The molecule has 2 N–H and O–H groups in total. The van der Waals surface area contributed by atoms with E-state index in [0.29, 0.717) is 31.6 Å². The summed E-state index contributed by atoms with van der Waals surface area (Å²) < 4.78 is 0. The lowest BCUT2D eigenvalue weighted by Gasteiger charge is -2.52. The fourth-order valence-electron chi connectivity index (χ4n) is 4.41. The van der Waals surface area contributed by atoms with Crippen molar-refractivity contribution in [3.63, 3.8) is 0 Å². The van der Waals surface area contributed by atoms with E-state index >= 15 is 0 Å². The summed E-state index contributed by atoms with van der Waals surface area (Å²) in [4.78, 5) is 27.2. The number of H-pyrrole nitrogens is 1. The number of fused-ring (bicyclic) bond motifs is 1. The van der Waals surface area contributed by atoms with Crippen molar-refractivity contribution < 1.29 is 9.59 Å². The standard InChI is InChI=1S/C21H20N4O2/c26-19(17-15-8-4-5-9-16(15)23-24-17)25-12-10-21(11-13-25)18(22-20(21)27)14-6-2-1-3-7-14/h1-9,18H,10-13H2,(H,22,27)(H,23,24). The largest absolute Gasteiger partial charge is 0.348 e. The van der Waals surface area contributed by atoms with Gasteiger partial charge in [-0.25, -0.2) is 0 Å². The Bertz CT molecular complexity index is 1020. The fourth-order valence-corrected chi connectivity index (χ4v) is 4.41. The van der Waals surface area contributed by atoms with Crippen LogP contribution in [-0.4, -0.2) is 40.0 Å². The molecule has 27 heavy (non-hydrogen) atoms. The summed E-state index contributed by atoms with van der Waals surface area (Å²) in [6.45, 7) is 1.13. The second-order valence-electron chi connectivity index (χ2n) is 7.38. The number of hydrogen-bond acceptors (Lipinski definition) is 3. The molecule has 5 rings (SSSR count). The smallest absolute Gasteiger partial charge is 0.274 e. The normalized spacial score (nSPS) is 21.1. The third-order valence-corrected chi connectivity index (χ3v) is 6.03. The molecule has 1 spiro atoms. The SMILES string of the molecule is O=C(c1n[nH]c2ccccc12)N1CCC2(CC1)C(=O)NC2c1ccccc1. The molecule has 6 nitrogen and oxygen atoms in total. The van der Waals surface area contributed by atoms with Gasteiger partial charge in [-0.2, -0.15) is 5.10 Å². The van der Waals surface area contributed by atoms with Gasteiger partial charge >= 0.3 is 0 Å². The number of benzene rings is 2. The summed E-state index contributed by atoms with van der Waals surface area (Å²) in [5, 5.41) is 11.0. The van der Waals surface area contributed by atoms with Crippen molar-refractivity contribution in [3.05, 3.63) is 65.9 Å². The van der Waals surface area contributed by atoms with Crippen LogP contribution in [0.15, 0.2) is 54.6 Å². The van der Waals surface area contributed by atoms with Crippen molar-refractivity contribution in [2.45, 2.75) is 18.9 Å². The van der Waals surface area contributed by atoms with Gasteiger partial charge in [0.15, 0.2) is 5.69 Å². The van der Waals surface area contributed by atoms with Gasteiger partial charge < -0.3 is 10.2 Å². The monoisotopic (exact) mass is 360 g/mol. The summed E-state index contributed by atoms with van der Waals surface area (Å²) >= 11 is 0. The van der Waals surface area contributed by atoms with E-state index in [4.69, 9.17) is 0 Å². The van der Waals surface area contributed by atoms with E-state index < -0.39 is 5.41 Å². The summed E-state index contributed by atoms with van der Waals surface area (Å²) in [7, 11) is 0. The number of aromatic nitrogens is 2. The van der Waals surface area contributed by atoms with Gasteiger partial charge in [0.2, 0.25) is 5.91 Å². The van der Waals surface area contributed by atoms with Gasteiger partial charge in [-0.1, -0.05) is 48.5 Å². The number of amides is 2. The van der Waals surface area contributed by atoms with Crippen LogP contribution in [0.1, 0.15) is 34.9 Å². The van der Waals surface area contributed by atoms with Crippen LogP contribution in [0.5, 0.6) is 0 Å². The Morgan fingerprint density at radius 2 is 1.74 bits per heavy atom. The highest BCUT2D eigenvalue weighted by molar-refractivity contribution is 6.04. The van der Waals surface area contributed by atoms with E-state index in [2.05, 4.69) is 27.6 Å². The molecule has 136 valence electrons. The maximum Gasteiger partial charge on any atom is 0.274 e. The molecule has 0 aliphatic carbocycles. The molecule has 2 fully saturated rings. The number of para-hydroxylation sites is 1. The molecule has 1 aromatic heterocycles. The molecule has 0 bridgehead atoms. The summed E-state index contributed by atoms with van der Waals surface area (Å²) in [6, 6.07) is 17.8. The number of likely N-dealkylation sites (tertiary alicyclic amines) is 1. The lowest BCUT2D eigenvalue weighted by Crippen LogP contribution is -2.64. The second-order valence-corrected chi connectivity index (χ2v) is 7.38. The Morgan fingerprint density at radius 3 is 2.48 bits per heavy atom. The van der Waals surface area contributed by atoms with Gasteiger partial charge in [-0.05, 0) is 24.5 Å². The maximum absolute atomic E-state index is 13.0. The maximum atomic E-state index is 13.0. The zero-order valence-electron chi connectivity index (χ0n) is 14.8. The Balaban J connectivity index is 1.35. The van der Waals surface area contributed by atoms with Crippen LogP contribution in [0.4, 0.5) is 0 Å². The average molecular weight is 360 g/mol. The lowest BCUT2D eigenvalue weighted by molar-refractivity contribution is -0.151. The van der Waals surface area contributed by atoms with Gasteiger partial charge in [0.1, 0.15) is 0 Å². The second kappa shape index (κ2) is 5.94. The number of nitrogens with zero attached hydrogens (tertiary/aromatic N) is 2. The number of aromatic amines is 1. The van der Waals surface area contributed by atoms with Gasteiger partial charge in [0, 0.05) is 18.5 Å². The highest BCUT2D eigenvalue weighted by Gasteiger charge is 2.56. The highest BCUT2D eigenvalue weighted by Crippen LogP contribution is 2.49. The topological polar surface area (TPSA) is 78.1 Å². The van der Waals surface area contributed by atoms with E-state index in [1.807, 2.05) is 47.4 Å². The van der Waals surface area contributed by atoms with Crippen LogP contribution < -0.4 is 5.32 Å². The summed E-state index contributed by atoms with van der Waals surface area (Å²) in [5.74, 6) is 0.0342. The van der Waals surface area contributed by atoms with Gasteiger partial charge in [0.25, 0.3) is 5.91 Å². The lowest BCUT2D eigenvalue weighted by atomic mass is 9.64. The highest BCUT2D eigenvalue weighted by atomic mass is 16.2. The molecule has 6 heteroatoms. The first-order valence-corrected chi connectivity index (χ1v) is 9.27. The number of nitrogens with one attached hydrogen (secondary N) is 2. The minimum absolute atomic E-state index is 0.0367. The predicted molar refractivity (Wildman–Crippen MR) is 101 cm³/mol. The van der Waals surface area contributed by atoms with E-state index in [1.165, 1.54) is 0 Å². The van der Waals surface area contributed by atoms with Crippen LogP contribution in [0.2, 0.25) is 0 Å². The first-order valence-electron chi connectivity index (χ1n) is 9.27. The summed E-state index contributed by atoms with van der Waals surface area (Å²) in [5.41, 5.74) is 2.05. The number of rotatable bonds is 2. The first kappa shape index (κ1) is 16.1. The molecule has 0 radical (unpaired) electrons. The minimum atomic E-state index is -0.397. The molecule has 3 heterocycles. The van der Waals surface area contributed by atoms with Gasteiger partial charge in [-0.3, -0.25) is 14.7 Å². The molecular formula is C21H20N4O2. The van der Waals surface area contributed by atoms with Crippen LogP contribution in [0, 0.1) is 5.41 Å². The Labute approximate surface area is 156 Å². The Hall–Kier alpha value is -3.15. The van der Waals surface area contributed by atoms with Gasteiger partial charge in [0.05, 0.1) is 17.0 Å². The van der Waals surface area contributed by atoms with Crippen molar-refractivity contribution in [2.24, 2.45) is 5.41 Å². The summed E-state index contributed by atoms with van der Waals surface area (Å²) in [6.07, 6.45) is 1.35. The predicted octanol–water partition coefficient (Wildman–Crippen LogP) is 2.66. The van der Waals surface area contributed by atoms with Crippen molar-refractivity contribution in [1.29, 1.82) is 0 Å². The molecule has 2 aliphatic rings. The van der Waals surface area contributed by atoms with Crippen molar-refractivity contribution >= 4 is 22.7 Å². The van der Waals surface area contributed by atoms with E-state index in [1.54, 1.807) is 0 Å². The molecule has 1 unspecified atom stereocenters. The third kappa shape index (κ3) is 2.36. The van der Waals surface area contributed by atoms with Crippen LogP contribution in [0.25, 0.3) is 10.9 Å². The molecule has 1 atom stereocenters. The zero-order chi connectivity index (χ0) is 18.4. The Morgan fingerprint density at radius 1 is 1.04 bits per heavy atom. The van der Waals surface area contributed by atoms with E-state index in [0.717, 1.165) is 16.5 Å². The van der Waals surface area contributed by atoms with Gasteiger partial charge in [-0.15, -0.1) is 0 Å². The van der Waals surface area contributed by atoms with E-state index in [-0.39, 0.29) is 17.9 Å². The molecule has 2 saturated heterocycles. The zero-order valence-corrected chi connectivity index (χ0v) is 14.8. The first-order chi connectivity index (χ1) is 13.2. The minimum Gasteiger partial charge on any atom is -0.348 e. The number of piperidine rings is 1. The van der Waals surface area contributed by atoms with E-state index in [9.17, 15) is 9.59 Å². The van der Waals surface area contributed by atoms with Crippen LogP contribution >= 0.6 is 0 Å². The Kier molecular flexibility index (Phi) is 3.53. The number of carbonyl (C=O) groups excluding carboxylic acids is 2. The molecule has 3 aromatic rings. The number of β-lactam (4-membered cyclic amide) rings is 1. The number of hydrogen-bond donors (Lipinski definition) is 2. The fraction of sp³-hybridized carbons (Fsp3) is 0.286. The number of carbonyl (C=O) groups is 2. The molecule has 2 amide bonds. The van der Waals surface area contributed by atoms with Crippen molar-refractivity contribution in [2.75, 3.05) is 13.1 Å². The molecule has 2 aromatic carbocycles. The third-order valence-electron chi connectivity index (χ3n) is 6.03. The molecular weight excluding hydrogens is 340 g/mol. The quantitative estimate of drug-likeness (QED) is 0.690. The molecule has 0 saturated carbocycles.